The van der Waals surface area contributed by atoms with Crippen LogP contribution in [0.2, 0.25) is 0 Å². The third-order valence-electron chi connectivity index (χ3n) is 2.11. The van der Waals surface area contributed by atoms with Crippen LogP contribution in [0.1, 0.15) is 15.8 Å². The molecule has 0 aliphatic rings. The molecule has 0 aromatic carbocycles. The van der Waals surface area contributed by atoms with E-state index in [9.17, 15) is 0 Å². The van der Waals surface area contributed by atoms with Crippen molar-refractivity contribution in [1.82, 2.24) is 5.43 Å². The number of ether oxygens (including phenoxy) is 1. The summed E-state index contributed by atoms with van der Waals surface area (Å²) < 4.78 is 5.15. The van der Waals surface area contributed by atoms with Gasteiger partial charge in [-0.2, -0.15) is 0 Å². The molecule has 0 aliphatic carbocycles. The van der Waals surface area contributed by atoms with E-state index in [2.05, 4.69) is 11.5 Å². The van der Waals surface area contributed by atoms with E-state index in [0.29, 0.717) is 0 Å². The molecule has 3 N–H and O–H groups in total. The van der Waals surface area contributed by atoms with E-state index in [4.69, 9.17) is 10.6 Å². The van der Waals surface area contributed by atoms with Gasteiger partial charge in [0.2, 0.25) is 0 Å². The fourth-order valence-corrected chi connectivity index (χ4v) is 3.16. The second kappa shape index (κ2) is 4.76. The van der Waals surface area contributed by atoms with Gasteiger partial charge in [0.05, 0.1) is 13.2 Å². The van der Waals surface area contributed by atoms with Gasteiger partial charge in [-0.15, -0.1) is 22.7 Å². The Hall–Kier alpha value is -0.880. The quantitative estimate of drug-likeness (QED) is 0.637. The summed E-state index contributed by atoms with van der Waals surface area (Å²) in [5, 5.41) is 4.03. The van der Waals surface area contributed by atoms with E-state index in [1.165, 1.54) is 4.88 Å². The second-order valence-corrected chi connectivity index (χ2v) is 4.93. The lowest BCUT2D eigenvalue weighted by Crippen LogP contribution is -2.27. The van der Waals surface area contributed by atoms with Gasteiger partial charge in [0, 0.05) is 15.1 Å². The Bertz CT molecular complexity index is 411. The van der Waals surface area contributed by atoms with Crippen molar-refractivity contribution in [2.45, 2.75) is 6.04 Å². The molecule has 2 aromatic heterocycles. The number of rotatable bonds is 4. The van der Waals surface area contributed by atoms with E-state index in [1.54, 1.807) is 29.8 Å². The monoisotopic (exact) mass is 240 g/mol. The molecule has 1 atom stereocenters. The van der Waals surface area contributed by atoms with Gasteiger partial charge in [-0.1, -0.05) is 6.07 Å². The molecule has 0 bridgehead atoms. The van der Waals surface area contributed by atoms with Crippen LogP contribution in [0.3, 0.4) is 0 Å². The van der Waals surface area contributed by atoms with Gasteiger partial charge in [-0.05, 0) is 17.5 Å². The molecule has 2 aromatic rings. The van der Waals surface area contributed by atoms with Crippen LogP contribution in [0.25, 0.3) is 0 Å². The van der Waals surface area contributed by atoms with Crippen molar-refractivity contribution in [3.8, 4) is 5.75 Å². The first-order valence-electron chi connectivity index (χ1n) is 4.47. The van der Waals surface area contributed by atoms with Crippen molar-refractivity contribution in [1.29, 1.82) is 0 Å². The summed E-state index contributed by atoms with van der Waals surface area (Å²) in [6, 6.07) is 6.17. The minimum atomic E-state index is 0.0684. The smallest absolute Gasteiger partial charge is 0.129 e. The molecule has 3 nitrogen and oxygen atoms in total. The van der Waals surface area contributed by atoms with Gasteiger partial charge in [0.25, 0.3) is 0 Å². The Morgan fingerprint density at radius 2 is 2.27 bits per heavy atom. The Kier molecular flexibility index (Phi) is 3.37. The molecule has 0 radical (unpaired) electrons. The van der Waals surface area contributed by atoms with Crippen LogP contribution >= 0.6 is 22.7 Å². The lowest BCUT2D eigenvalue weighted by molar-refractivity contribution is 0.416. The van der Waals surface area contributed by atoms with Gasteiger partial charge in [-0.3, -0.25) is 5.84 Å². The molecule has 0 aliphatic heterocycles. The van der Waals surface area contributed by atoms with Crippen LogP contribution in [0.4, 0.5) is 0 Å². The Balaban J connectivity index is 2.27. The van der Waals surface area contributed by atoms with Crippen LogP contribution in [-0.4, -0.2) is 7.11 Å². The highest BCUT2D eigenvalue weighted by atomic mass is 32.1. The second-order valence-electron chi connectivity index (χ2n) is 3.00. The maximum absolute atomic E-state index is 5.57. The van der Waals surface area contributed by atoms with Gasteiger partial charge in [-0.25, -0.2) is 5.43 Å². The molecular formula is C10H12N2OS2. The predicted octanol–water partition coefficient (Wildman–Crippen LogP) is 2.37. The fraction of sp³-hybridized carbons (Fsp3) is 0.200. The maximum atomic E-state index is 5.57. The Labute approximate surface area is 96.5 Å². The zero-order chi connectivity index (χ0) is 10.7. The topological polar surface area (TPSA) is 47.3 Å². The van der Waals surface area contributed by atoms with Crippen LogP contribution in [0.15, 0.2) is 29.0 Å². The van der Waals surface area contributed by atoms with Gasteiger partial charge < -0.3 is 4.74 Å². The maximum Gasteiger partial charge on any atom is 0.129 e. The molecule has 0 amide bonds. The third kappa shape index (κ3) is 2.21. The van der Waals surface area contributed by atoms with E-state index >= 15 is 0 Å². The van der Waals surface area contributed by atoms with Crippen LogP contribution in [0.5, 0.6) is 5.75 Å². The normalized spacial score (nSPS) is 12.7. The SMILES string of the molecule is COc1csc(C(NN)c2cccs2)c1. The zero-order valence-electron chi connectivity index (χ0n) is 8.27. The molecule has 0 fully saturated rings. The Morgan fingerprint density at radius 1 is 1.40 bits per heavy atom. The van der Waals surface area contributed by atoms with Crippen molar-refractivity contribution in [2.24, 2.45) is 5.84 Å². The summed E-state index contributed by atoms with van der Waals surface area (Å²) in [7, 11) is 1.67. The lowest BCUT2D eigenvalue weighted by Gasteiger charge is -2.11. The number of hydrogen-bond donors (Lipinski definition) is 2. The van der Waals surface area contributed by atoms with Gasteiger partial charge >= 0.3 is 0 Å². The minimum absolute atomic E-state index is 0.0684. The minimum Gasteiger partial charge on any atom is -0.496 e. The standard InChI is InChI=1S/C10H12N2OS2/c1-13-7-5-9(15-6-7)10(12-11)8-3-2-4-14-8/h2-6,10,12H,11H2,1H3. The number of hydrazine groups is 1. The molecule has 0 saturated heterocycles. The average molecular weight is 240 g/mol. The van der Waals surface area contributed by atoms with Crippen LogP contribution < -0.4 is 16.0 Å². The summed E-state index contributed by atoms with van der Waals surface area (Å²) in [4.78, 5) is 2.37. The molecule has 5 heteroatoms. The summed E-state index contributed by atoms with van der Waals surface area (Å²) in [6.07, 6.45) is 0. The first-order chi connectivity index (χ1) is 7.35. The zero-order valence-corrected chi connectivity index (χ0v) is 9.90. The first-order valence-corrected chi connectivity index (χ1v) is 6.23. The number of nitrogens with two attached hydrogens (primary N) is 1. The molecule has 80 valence electrons. The van der Waals surface area contributed by atoms with Crippen molar-refractivity contribution in [3.63, 3.8) is 0 Å². The van der Waals surface area contributed by atoms with E-state index < -0.39 is 0 Å². The number of hydrogen-bond acceptors (Lipinski definition) is 5. The summed E-state index contributed by atoms with van der Waals surface area (Å²) in [5.74, 6) is 6.45. The van der Waals surface area contributed by atoms with Crippen molar-refractivity contribution in [2.75, 3.05) is 7.11 Å². The highest BCUT2D eigenvalue weighted by molar-refractivity contribution is 7.11. The number of thiophene rings is 2. The number of methoxy groups -OCH3 is 1. The van der Waals surface area contributed by atoms with Crippen LogP contribution in [-0.2, 0) is 0 Å². The molecule has 1 unspecified atom stereocenters. The molecule has 0 saturated carbocycles. The van der Waals surface area contributed by atoms with Gasteiger partial charge in [0.15, 0.2) is 0 Å². The first kappa shape index (κ1) is 10.6. The predicted molar refractivity (Wildman–Crippen MR) is 64.4 cm³/mol. The molecule has 15 heavy (non-hydrogen) atoms. The van der Waals surface area contributed by atoms with E-state index in [-0.39, 0.29) is 6.04 Å². The fourth-order valence-electron chi connectivity index (χ4n) is 1.35. The van der Waals surface area contributed by atoms with E-state index in [1.807, 2.05) is 22.9 Å². The lowest BCUT2D eigenvalue weighted by atomic mass is 10.2. The van der Waals surface area contributed by atoms with E-state index in [0.717, 1.165) is 10.6 Å². The molecule has 2 rings (SSSR count). The summed E-state index contributed by atoms with van der Waals surface area (Å²) in [5.41, 5.74) is 2.82. The highest BCUT2D eigenvalue weighted by Crippen LogP contribution is 2.32. The largest absolute Gasteiger partial charge is 0.496 e. The third-order valence-corrected chi connectivity index (χ3v) is 4.02. The number of nitrogens with one attached hydrogen (secondary N) is 1. The molecule has 0 spiro atoms. The average Bonchev–Trinajstić information content (AvgIpc) is 2.89. The molecular weight excluding hydrogens is 228 g/mol. The van der Waals surface area contributed by atoms with Crippen molar-refractivity contribution >= 4 is 22.7 Å². The van der Waals surface area contributed by atoms with Gasteiger partial charge in [0.1, 0.15) is 5.75 Å². The Morgan fingerprint density at radius 3 is 2.80 bits per heavy atom. The molecule has 2 heterocycles. The summed E-state index contributed by atoms with van der Waals surface area (Å²) >= 11 is 3.33. The summed E-state index contributed by atoms with van der Waals surface area (Å²) in [6.45, 7) is 0. The van der Waals surface area contributed by atoms with Crippen molar-refractivity contribution in [3.05, 3.63) is 38.7 Å². The van der Waals surface area contributed by atoms with Crippen LogP contribution in [0, 0.1) is 0 Å². The van der Waals surface area contributed by atoms with Crippen molar-refractivity contribution < 1.29 is 4.74 Å². The highest BCUT2D eigenvalue weighted by Gasteiger charge is 2.15.